The molecule has 1 heterocycles. The number of ether oxygens (including phenoxy) is 2. The molecule has 2 rings (SSSR count). The normalized spacial score (nSPS) is 23.9. The number of hydrogen-bond donors (Lipinski definition) is 0. The molecule has 1 aromatic rings. The highest BCUT2D eigenvalue weighted by Crippen LogP contribution is 2.29. The largest absolute Gasteiger partial charge is 0.469 e. The van der Waals surface area contributed by atoms with Crippen molar-refractivity contribution in [3.63, 3.8) is 0 Å². The second-order valence-corrected chi connectivity index (χ2v) is 6.35. The van der Waals surface area contributed by atoms with Crippen molar-refractivity contribution in [2.45, 2.75) is 38.4 Å². The van der Waals surface area contributed by atoms with Gasteiger partial charge in [0.1, 0.15) is 0 Å². The molecule has 0 spiro atoms. The first-order valence-electron chi connectivity index (χ1n) is 6.12. The summed E-state index contributed by atoms with van der Waals surface area (Å²) in [6.07, 6.45) is 3.93. The Labute approximate surface area is 120 Å². The van der Waals surface area contributed by atoms with E-state index in [-0.39, 0.29) is 18.0 Å². The van der Waals surface area contributed by atoms with Crippen LogP contribution in [0.15, 0.2) is 15.9 Å². The minimum Gasteiger partial charge on any atom is -0.469 e. The van der Waals surface area contributed by atoms with E-state index in [9.17, 15) is 4.79 Å². The third-order valence-corrected chi connectivity index (χ3v) is 5.25. The predicted octanol–water partition coefficient (Wildman–Crippen LogP) is 3.76. The Morgan fingerprint density at radius 3 is 2.72 bits per heavy atom. The van der Waals surface area contributed by atoms with Crippen molar-refractivity contribution in [3.05, 3.63) is 20.8 Å². The quantitative estimate of drug-likeness (QED) is 0.787. The van der Waals surface area contributed by atoms with Gasteiger partial charge >= 0.3 is 5.97 Å². The zero-order valence-corrected chi connectivity index (χ0v) is 12.8. The van der Waals surface area contributed by atoms with Gasteiger partial charge in [0.2, 0.25) is 0 Å². The van der Waals surface area contributed by atoms with Crippen molar-refractivity contribution < 1.29 is 14.3 Å². The van der Waals surface area contributed by atoms with Crippen LogP contribution >= 0.6 is 27.3 Å². The molecule has 0 atom stereocenters. The lowest BCUT2D eigenvalue weighted by molar-refractivity contribution is -0.147. The van der Waals surface area contributed by atoms with Gasteiger partial charge in [-0.3, -0.25) is 4.79 Å². The van der Waals surface area contributed by atoms with Crippen LogP contribution in [0.4, 0.5) is 0 Å². The second kappa shape index (κ2) is 6.68. The Hall–Kier alpha value is -0.390. The number of thiophene rings is 1. The fourth-order valence-electron chi connectivity index (χ4n) is 2.25. The SMILES string of the molecule is COC(=O)C1CCC(OCc2sccc2Br)CC1. The van der Waals surface area contributed by atoms with Gasteiger partial charge in [0.15, 0.2) is 0 Å². The number of esters is 1. The molecular formula is C13H17BrO3S. The number of carbonyl (C=O) groups is 1. The lowest BCUT2D eigenvalue weighted by Crippen LogP contribution is -2.26. The molecule has 5 heteroatoms. The van der Waals surface area contributed by atoms with E-state index in [4.69, 9.17) is 9.47 Å². The molecule has 1 aliphatic rings. The monoisotopic (exact) mass is 332 g/mol. The molecule has 1 aliphatic carbocycles. The average molecular weight is 333 g/mol. The summed E-state index contributed by atoms with van der Waals surface area (Å²) in [4.78, 5) is 12.6. The van der Waals surface area contributed by atoms with Crippen molar-refractivity contribution in [2.75, 3.05) is 7.11 Å². The third-order valence-electron chi connectivity index (χ3n) is 3.35. The lowest BCUT2D eigenvalue weighted by Gasteiger charge is -2.26. The zero-order chi connectivity index (χ0) is 13.0. The fraction of sp³-hybridized carbons (Fsp3) is 0.615. The van der Waals surface area contributed by atoms with Crippen LogP contribution in [0.25, 0.3) is 0 Å². The highest BCUT2D eigenvalue weighted by atomic mass is 79.9. The second-order valence-electron chi connectivity index (χ2n) is 4.50. The van der Waals surface area contributed by atoms with Gasteiger partial charge in [-0.2, -0.15) is 0 Å². The van der Waals surface area contributed by atoms with E-state index in [2.05, 4.69) is 21.3 Å². The zero-order valence-electron chi connectivity index (χ0n) is 10.4. The van der Waals surface area contributed by atoms with Gasteiger partial charge in [-0.15, -0.1) is 11.3 Å². The van der Waals surface area contributed by atoms with E-state index >= 15 is 0 Å². The number of rotatable bonds is 4. The third kappa shape index (κ3) is 3.56. The van der Waals surface area contributed by atoms with Crippen LogP contribution in [0.1, 0.15) is 30.6 Å². The highest BCUT2D eigenvalue weighted by Gasteiger charge is 2.27. The summed E-state index contributed by atoms with van der Waals surface area (Å²) in [5.41, 5.74) is 0. The van der Waals surface area contributed by atoms with E-state index in [1.807, 2.05) is 6.07 Å². The molecule has 1 saturated carbocycles. The average Bonchev–Trinajstić information content (AvgIpc) is 2.81. The Morgan fingerprint density at radius 2 is 2.17 bits per heavy atom. The Morgan fingerprint density at radius 1 is 1.44 bits per heavy atom. The molecule has 0 radical (unpaired) electrons. The Bertz CT molecular complexity index is 397. The molecule has 100 valence electrons. The molecular weight excluding hydrogens is 316 g/mol. The molecule has 3 nitrogen and oxygen atoms in total. The Kier molecular flexibility index (Phi) is 5.21. The standard InChI is InChI=1S/C13H17BrO3S/c1-16-13(15)9-2-4-10(5-3-9)17-8-12-11(14)6-7-18-12/h6-7,9-10H,2-5,8H2,1H3. The summed E-state index contributed by atoms with van der Waals surface area (Å²) in [6.45, 7) is 0.659. The fourth-order valence-corrected chi connectivity index (χ4v) is 3.64. The van der Waals surface area contributed by atoms with Crippen molar-refractivity contribution in [2.24, 2.45) is 5.92 Å². The van der Waals surface area contributed by atoms with Gasteiger partial charge in [0.05, 0.1) is 25.7 Å². The number of methoxy groups -OCH3 is 1. The van der Waals surface area contributed by atoms with Crippen molar-refractivity contribution in [1.29, 1.82) is 0 Å². The summed E-state index contributed by atoms with van der Waals surface area (Å²) in [7, 11) is 1.46. The molecule has 0 N–H and O–H groups in total. The molecule has 0 amide bonds. The summed E-state index contributed by atoms with van der Waals surface area (Å²) < 4.78 is 11.8. The van der Waals surface area contributed by atoms with Gasteiger partial charge in [0, 0.05) is 9.35 Å². The van der Waals surface area contributed by atoms with Gasteiger partial charge in [-0.25, -0.2) is 0 Å². The van der Waals surface area contributed by atoms with E-state index in [1.165, 1.54) is 12.0 Å². The summed E-state index contributed by atoms with van der Waals surface area (Å²) >= 11 is 5.20. The minimum atomic E-state index is -0.0746. The molecule has 0 saturated heterocycles. The molecule has 1 aromatic heterocycles. The van der Waals surface area contributed by atoms with Crippen LogP contribution in [0.3, 0.4) is 0 Å². The summed E-state index contributed by atoms with van der Waals surface area (Å²) in [5.74, 6) is -0.00206. The van der Waals surface area contributed by atoms with Crippen LogP contribution in [-0.2, 0) is 20.9 Å². The van der Waals surface area contributed by atoms with E-state index in [1.54, 1.807) is 11.3 Å². The maximum absolute atomic E-state index is 11.4. The van der Waals surface area contributed by atoms with E-state index < -0.39 is 0 Å². The highest BCUT2D eigenvalue weighted by molar-refractivity contribution is 9.10. The van der Waals surface area contributed by atoms with Crippen LogP contribution < -0.4 is 0 Å². The molecule has 18 heavy (non-hydrogen) atoms. The minimum absolute atomic E-state index is 0.0725. The number of carbonyl (C=O) groups excluding carboxylic acids is 1. The molecule has 0 aliphatic heterocycles. The van der Waals surface area contributed by atoms with Crippen LogP contribution in [0, 0.1) is 5.92 Å². The van der Waals surface area contributed by atoms with Crippen LogP contribution in [0.5, 0.6) is 0 Å². The Balaban J connectivity index is 1.74. The predicted molar refractivity (Wildman–Crippen MR) is 74.6 cm³/mol. The van der Waals surface area contributed by atoms with Crippen LogP contribution in [0.2, 0.25) is 0 Å². The van der Waals surface area contributed by atoms with Gasteiger partial charge < -0.3 is 9.47 Å². The first kappa shape index (κ1) is 14.0. The maximum atomic E-state index is 11.4. The lowest BCUT2D eigenvalue weighted by atomic mass is 9.87. The van der Waals surface area contributed by atoms with E-state index in [0.717, 1.165) is 30.2 Å². The number of halogens is 1. The molecule has 0 unspecified atom stereocenters. The van der Waals surface area contributed by atoms with Crippen molar-refractivity contribution in [1.82, 2.24) is 0 Å². The van der Waals surface area contributed by atoms with Crippen molar-refractivity contribution in [3.8, 4) is 0 Å². The summed E-state index contributed by atoms with van der Waals surface area (Å²) in [6, 6.07) is 2.04. The molecule has 0 bridgehead atoms. The first-order valence-corrected chi connectivity index (χ1v) is 7.79. The smallest absolute Gasteiger partial charge is 0.308 e. The van der Waals surface area contributed by atoms with E-state index in [0.29, 0.717) is 6.61 Å². The molecule has 1 fully saturated rings. The van der Waals surface area contributed by atoms with Crippen molar-refractivity contribution >= 4 is 33.2 Å². The molecule has 0 aromatic carbocycles. The van der Waals surface area contributed by atoms with Gasteiger partial charge in [-0.1, -0.05) is 0 Å². The van der Waals surface area contributed by atoms with Gasteiger partial charge in [0.25, 0.3) is 0 Å². The topological polar surface area (TPSA) is 35.5 Å². The summed E-state index contributed by atoms with van der Waals surface area (Å²) in [5, 5.41) is 2.05. The number of hydrogen-bond acceptors (Lipinski definition) is 4. The maximum Gasteiger partial charge on any atom is 0.308 e. The van der Waals surface area contributed by atoms with Crippen LogP contribution in [-0.4, -0.2) is 19.2 Å². The van der Waals surface area contributed by atoms with Gasteiger partial charge in [-0.05, 0) is 53.1 Å². The first-order chi connectivity index (χ1) is 8.70.